The zero-order valence-corrected chi connectivity index (χ0v) is 11.4. The number of nitrogens with one attached hydrogen (secondary N) is 2. The van der Waals surface area contributed by atoms with Gasteiger partial charge in [0.05, 0.1) is 12.0 Å². The summed E-state index contributed by atoms with van der Waals surface area (Å²) in [6.07, 6.45) is 0. The van der Waals surface area contributed by atoms with E-state index in [0.29, 0.717) is 10.1 Å². The molecular weight excluding hydrogens is 270 g/mol. The Bertz CT molecular complexity index is 477. The van der Waals surface area contributed by atoms with Gasteiger partial charge in [-0.1, -0.05) is 23.7 Å². The summed E-state index contributed by atoms with van der Waals surface area (Å²) >= 11 is 11.0. The highest BCUT2D eigenvalue weighted by Gasteiger charge is 2.37. The Morgan fingerprint density at radius 3 is 2.50 bits per heavy atom. The van der Waals surface area contributed by atoms with Crippen LogP contribution in [0.3, 0.4) is 0 Å². The van der Waals surface area contributed by atoms with Gasteiger partial charge in [-0.3, -0.25) is 4.79 Å². The molecule has 96 valence electrons. The van der Waals surface area contributed by atoms with E-state index in [1.807, 2.05) is 19.1 Å². The van der Waals surface area contributed by atoms with Crippen LogP contribution in [0.1, 0.15) is 18.5 Å². The molecule has 0 aromatic heterocycles. The van der Waals surface area contributed by atoms with E-state index in [2.05, 4.69) is 10.6 Å². The quantitative estimate of drug-likeness (QED) is 0.717. The largest absolute Gasteiger partial charge is 0.369 e. The third-order valence-corrected chi connectivity index (χ3v) is 3.59. The van der Waals surface area contributed by atoms with Gasteiger partial charge in [-0.2, -0.15) is 0 Å². The topological polar surface area (TPSA) is 67.2 Å². The maximum absolute atomic E-state index is 11.6. The first kappa shape index (κ1) is 13.1. The highest BCUT2D eigenvalue weighted by Crippen LogP contribution is 2.28. The third-order valence-electron chi connectivity index (χ3n) is 3.10. The molecule has 1 aliphatic rings. The number of rotatable bonds is 2. The van der Waals surface area contributed by atoms with Gasteiger partial charge in [0.15, 0.2) is 5.11 Å². The molecule has 6 heteroatoms. The number of carbonyl (C=O) groups is 1. The minimum absolute atomic E-state index is 0.100. The molecule has 1 aliphatic heterocycles. The molecule has 0 saturated carbocycles. The Morgan fingerprint density at radius 1 is 1.33 bits per heavy atom. The van der Waals surface area contributed by atoms with E-state index in [-0.39, 0.29) is 23.9 Å². The summed E-state index contributed by atoms with van der Waals surface area (Å²) in [7, 11) is 0. The predicted molar refractivity (Wildman–Crippen MR) is 75.2 cm³/mol. The summed E-state index contributed by atoms with van der Waals surface area (Å²) in [6, 6.07) is 6.99. The molecular formula is C12H14ClN3OS. The fraction of sp³-hybridized carbons (Fsp3) is 0.333. The van der Waals surface area contributed by atoms with Crippen molar-refractivity contribution in [2.24, 2.45) is 11.7 Å². The normalized spacial score (nSPS) is 27.2. The SMILES string of the molecule is CC1NC(=S)NC(c2ccc(Cl)cc2)C1C(N)=O. The van der Waals surface area contributed by atoms with Gasteiger partial charge in [0.1, 0.15) is 0 Å². The van der Waals surface area contributed by atoms with Gasteiger partial charge >= 0.3 is 0 Å². The minimum atomic E-state index is -0.363. The lowest BCUT2D eigenvalue weighted by molar-refractivity contribution is -0.123. The highest BCUT2D eigenvalue weighted by molar-refractivity contribution is 7.80. The number of carbonyl (C=O) groups excluding carboxylic acids is 1. The van der Waals surface area contributed by atoms with Crippen LogP contribution in [0.4, 0.5) is 0 Å². The van der Waals surface area contributed by atoms with Gasteiger partial charge < -0.3 is 16.4 Å². The molecule has 2 rings (SSSR count). The van der Waals surface area contributed by atoms with E-state index in [0.717, 1.165) is 5.56 Å². The second-order valence-corrected chi connectivity index (χ2v) is 5.21. The van der Waals surface area contributed by atoms with E-state index in [9.17, 15) is 4.79 Å². The number of nitrogens with two attached hydrogens (primary N) is 1. The second kappa shape index (κ2) is 5.12. The molecule has 1 heterocycles. The van der Waals surface area contributed by atoms with E-state index in [1.54, 1.807) is 12.1 Å². The van der Waals surface area contributed by atoms with Crippen LogP contribution >= 0.6 is 23.8 Å². The van der Waals surface area contributed by atoms with Crippen molar-refractivity contribution >= 4 is 34.8 Å². The summed E-state index contributed by atoms with van der Waals surface area (Å²) in [5.41, 5.74) is 6.42. The Morgan fingerprint density at radius 2 is 1.94 bits per heavy atom. The lowest BCUT2D eigenvalue weighted by Gasteiger charge is -2.37. The number of primary amides is 1. The smallest absolute Gasteiger partial charge is 0.225 e. The number of amides is 1. The first-order valence-electron chi connectivity index (χ1n) is 5.61. The van der Waals surface area contributed by atoms with Crippen molar-refractivity contribution in [1.29, 1.82) is 0 Å². The van der Waals surface area contributed by atoms with Gasteiger partial charge in [-0.25, -0.2) is 0 Å². The van der Waals surface area contributed by atoms with E-state index < -0.39 is 0 Å². The zero-order valence-electron chi connectivity index (χ0n) is 9.81. The van der Waals surface area contributed by atoms with Gasteiger partial charge in [0.2, 0.25) is 5.91 Å². The van der Waals surface area contributed by atoms with Gasteiger partial charge in [0.25, 0.3) is 0 Å². The Labute approximate surface area is 116 Å². The van der Waals surface area contributed by atoms with Crippen molar-refractivity contribution in [3.63, 3.8) is 0 Å². The highest BCUT2D eigenvalue weighted by atomic mass is 35.5. The molecule has 1 fully saturated rings. The zero-order chi connectivity index (χ0) is 13.3. The average Bonchev–Trinajstić information content (AvgIpc) is 2.28. The van der Waals surface area contributed by atoms with Crippen LogP contribution in [0.2, 0.25) is 5.02 Å². The molecule has 1 aromatic rings. The molecule has 0 bridgehead atoms. The third kappa shape index (κ3) is 2.57. The molecule has 4 N–H and O–H groups in total. The monoisotopic (exact) mass is 283 g/mol. The average molecular weight is 284 g/mol. The number of hydrogen-bond acceptors (Lipinski definition) is 2. The van der Waals surface area contributed by atoms with Gasteiger partial charge in [-0.15, -0.1) is 0 Å². The first-order valence-corrected chi connectivity index (χ1v) is 6.39. The number of hydrogen-bond donors (Lipinski definition) is 3. The Hall–Kier alpha value is -1.33. The number of benzene rings is 1. The van der Waals surface area contributed by atoms with Crippen LogP contribution in [0.25, 0.3) is 0 Å². The van der Waals surface area contributed by atoms with Crippen LogP contribution < -0.4 is 16.4 Å². The summed E-state index contributed by atoms with van der Waals surface area (Å²) in [4.78, 5) is 11.6. The summed E-state index contributed by atoms with van der Waals surface area (Å²) in [5.74, 6) is -0.720. The molecule has 3 atom stereocenters. The lowest BCUT2D eigenvalue weighted by Crippen LogP contribution is -2.58. The van der Waals surface area contributed by atoms with Crippen molar-refractivity contribution in [2.75, 3.05) is 0 Å². The van der Waals surface area contributed by atoms with Crippen molar-refractivity contribution in [3.8, 4) is 0 Å². The maximum atomic E-state index is 11.6. The van der Waals surface area contributed by atoms with Crippen LogP contribution in [0, 0.1) is 5.92 Å². The van der Waals surface area contributed by atoms with E-state index in [4.69, 9.17) is 29.6 Å². The maximum Gasteiger partial charge on any atom is 0.225 e. The molecule has 1 saturated heterocycles. The molecule has 1 amide bonds. The summed E-state index contributed by atoms with van der Waals surface area (Å²) in [6.45, 7) is 1.89. The van der Waals surface area contributed by atoms with Crippen LogP contribution in [-0.2, 0) is 4.79 Å². The number of halogens is 1. The van der Waals surface area contributed by atoms with E-state index in [1.165, 1.54) is 0 Å². The van der Waals surface area contributed by atoms with Gasteiger partial charge in [-0.05, 0) is 36.8 Å². The van der Waals surface area contributed by atoms with Crippen molar-refractivity contribution in [2.45, 2.75) is 19.0 Å². The molecule has 18 heavy (non-hydrogen) atoms. The lowest BCUT2D eigenvalue weighted by atomic mass is 9.85. The van der Waals surface area contributed by atoms with Crippen LogP contribution in [0.5, 0.6) is 0 Å². The Kier molecular flexibility index (Phi) is 3.73. The standard InChI is InChI=1S/C12H14ClN3OS/c1-6-9(11(14)17)10(16-12(18)15-6)7-2-4-8(13)5-3-7/h2-6,9-10H,1H3,(H2,14,17)(H2,15,16,18). The molecule has 0 spiro atoms. The van der Waals surface area contributed by atoms with Crippen molar-refractivity contribution < 1.29 is 4.79 Å². The first-order chi connectivity index (χ1) is 8.49. The Balaban J connectivity index is 2.34. The fourth-order valence-electron chi connectivity index (χ4n) is 2.23. The molecule has 1 aromatic carbocycles. The summed E-state index contributed by atoms with van der Waals surface area (Å²) < 4.78 is 0. The van der Waals surface area contributed by atoms with E-state index >= 15 is 0 Å². The predicted octanol–water partition coefficient (Wildman–Crippen LogP) is 1.35. The van der Waals surface area contributed by atoms with Crippen molar-refractivity contribution in [3.05, 3.63) is 34.9 Å². The molecule has 3 unspecified atom stereocenters. The van der Waals surface area contributed by atoms with Crippen LogP contribution in [0.15, 0.2) is 24.3 Å². The molecule has 0 aliphatic carbocycles. The second-order valence-electron chi connectivity index (χ2n) is 4.36. The minimum Gasteiger partial charge on any atom is -0.369 e. The molecule has 0 radical (unpaired) electrons. The summed E-state index contributed by atoms with van der Waals surface area (Å²) in [5, 5.41) is 7.29. The van der Waals surface area contributed by atoms with Crippen LogP contribution in [-0.4, -0.2) is 17.1 Å². The van der Waals surface area contributed by atoms with Gasteiger partial charge in [0, 0.05) is 11.1 Å². The fourth-order valence-corrected chi connectivity index (χ4v) is 2.67. The van der Waals surface area contributed by atoms with Crippen molar-refractivity contribution in [1.82, 2.24) is 10.6 Å². The number of thiocarbonyl (C=S) groups is 1. The molecule has 4 nitrogen and oxygen atoms in total.